The number of nitrogens with zero attached hydrogens (tertiary/aromatic N) is 4. The monoisotopic (exact) mass is 605 g/mol. The quantitative estimate of drug-likeness (QED) is 0.258. The van der Waals surface area contributed by atoms with Crippen molar-refractivity contribution in [2.24, 2.45) is 11.8 Å². The Morgan fingerprint density at radius 2 is 1.86 bits per heavy atom. The van der Waals surface area contributed by atoms with E-state index in [1.54, 1.807) is 0 Å². The number of nitrogens with two attached hydrogens (primary N) is 1. The van der Waals surface area contributed by atoms with E-state index in [1.165, 1.54) is 18.2 Å². The Morgan fingerprint density at radius 1 is 1.05 bits per heavy atom. The smallest absolute Gasteiger partial charge is 0.308 e. The van der Waals surface area contributed by atoms with Crippen molar-refractivity contribution in [1.82, 2.24) is 14.9 Å². The number of carbonyl (C=O) groups is 1. The minimum atomic E-state index is -0.0822. The van der Waals surface area contributed by atoms with Crippen LogP contribution in [0.25, 0.3) is 11.3 Å². The van der Waals surface area contributed by atoms with Gasteiger partial charge in [-0.15, -0.1) is 0 Å². The third kappa shape index (κ3) is 7.06. The van der Waals surface area contributed by atoms with E-state index in [9.17, 15) is 4.79 Å². The van der Waals surface area contributed by atoms with E-state index in [2.05, 4.69) is 21.9 Å². The van der Waals surface area contributed by atoms with Crippen molar-refractivity contribution in [3.05, 3.63) is 64.2 Å². The van der Waals surface area contributed by atoms with E-state index in [-0.39, 0.29) is 11.9 Å². The minimum Gasteiger partial charge on any atom is -0.489 e. The van der Waals surface area contributed by atoms with E-state index in [0.717, 1.165) is 105 Å². The summed E-state index contributed by atoms with van der Waals surface area (Å²) in [6, 6.07) is 13.9. The van der Waals surface area contributed by atoms with Crippen molar-refractivity contribution < 1.29 is 19.0 Å². The number of methoxy groups -OCH3 is 1. The summed E-state index contributed by atoms with van der Waals surface area (Å²) in [4.78, 5) is 26.0. The topological polar surface area (TPSA) is 103 Å². The fourth-order valence-electron chi connectivity index (χ4n) is 6.54. The third-order valence-corrected chi connectivity index (χ3v) is 9.20. The number of rotatable bonds is 10. The summed E-state index contributed by atoms with van der Waals surface area (Å²) >= 11 is 6.00. The maximum absolute atomic E-state index is 11.8. The maximum atomic E-state index is 11.8. The van der Waals surface area contributed by atoms with Crippen molar-refractivity contribution >= 4 is 29.3 Å². The number of anilines is 2. The first-order chi connectivity index (χ1) is 21.0. The van der Waals surface area contributed by atoms with Crippen molar-refractivity contribution in [3.63, 3.8) is 0 Å². The molecule has 0 radical (unpaired) electrons. The average Bonchev–Trinajstić information content (AvgIpc) is 3.51. The van der Waals surface area contributed by atoms with Crippen LogP contribution in [-0.4, -0.2) is 73.9 Å². The van der Waals surface area contributed by atoms with Gasteiger partial charge in [0.2, 0.25) is 5.95 Å². The molecular weight excluding hydrogens is 566 g/mol. The molecule has 228 valence electrons. The zero-order chi connectivity index (χ0) is 29.8. The van der Waals surface area contributed by atoms with Gasteiger partial charge in [0.25, 0.3) is 0 Å². The van der Waals surface area contributed by atoms with E-state index >= 15 is 0 Å². The first-order valence-electron chi connectivity index (χ1n) is 15.3. The Kier molecular flexibility index (Phi) is 9.31. The molecule has 6 rings (SSSR count). The number of carbonyl (C=O) groups excluding carboxylic acids is 1. The summed E-state index contributed by atoms with van der Waals surface area (Å²) in [6.45, 7) is 6.48. The van der Waals surface area contributed by atoms with Gasteiger partial charge >= 0.3 is 5.97 Å². The number of fused-ring (bicyclic) bond motifs is 3. The summed E-state index contributed by atoms with van der Waals surface area (Å²) in [5.74, 6) is 2.53. The molecule has 1 aliphatic heterocycles. The number of aryl methyl sites for hydroxylation is 1. The molecule has 10 heteroatoms. The molecule has 3 aromatic rings. The predicted molar refractivity (Wildman–Crippen MR) is 167 cm³/mol. The van der Waals surface area contributed by atoms with Crippen LogP contribution in [0.4, 0.5) is 11.8 Å². The lowest BCUT2D eigenvalue weighted by atomic mass is 9.88. The molecule has 3 aliphatic rings. The standard InChI is InChI=1S/C33H40ClN5O4/c1-41-32(40)25-5-2-23(18-25)20-42-17-16-38-12-14-39(15-13-38)31-29-10-6-24-19-27(43-21-22-3-7-26(34)8-4-22)9-11-28(24)30(29)36-33(35)37-31/h3-4,7-9,11,19,23,25H,2,5-6,10,12-18,20-21H2,1H3,(H2,35,36,37)/t23-,25+/m1/s1. The molecule has 2 heterocycles. The highest BCUT2D eigenvalue weighted by Gasteiger charge is 2.31. The van der Waals surface area contributed by atoms with Gasteiger partial charge in [0.05, 0.1) is 25.3 Å². The molecule has 0 amide bonds. The van der Waals surface area contributed by atoms with Crippen LogP contribution in [0.2, 0.25) is 5.02 Å². The third-order valence-electron chi connectivity index (χ3n) is 8.95. The van der Waals surface area contributed by atoms with Crippen LogP contribution in [0.1, 0.15) is 36.0 Å². The second-order valence-corrected chi connectivity index (χ2v) is 12.2. The molecule has 2 N–H and O–H groups in total. The second-order valence-electron chi connectivity index (χ2n) is 11.8. The molecule has 2 fully saturated rings. The van der Waals surface area contributed by atoms with Crippen molar-refractivity contribution in [2.75, 3.05) is 63.7 Å². The fraction of sp³-hybridized carbons (Fsp3) is 0.485. The summed E-state index contributed by atoms with van der Waals surface area (Å²) in [5.41, 5.74) is 11.8. The molecule has 0 unspecified atom stereocenters. The van der Waals surface area contributed by atoms with Crippen molar-refractivity contribution in [2.45, 2.75) is 38.7 Å². The normalized spacial score (nSPS) is 20.0. The van der Waals surface area contributed by atoms with Crippen LogP contribution < -0.4 is 15.4 Å². The maximum Gasteiger partial charge on any atom is 0.308 e. The lowest BCUT2D eigenvalue weighted by Crippen LogP contribution is -2.48. The molecule has 0 bridgehead atoms. The Labute approximate surface area is 258 Å². The van der Waals surface area contributed by atoms with Gasteiger partial charge in [-0.05, 0) is 79.5 Å². The van der Waals surface area contributed by atoms with Gasteiger partial charge in [0.15, 0.2) is 0 Å². The lowest BCUT2D eigenvalue weighted by Gasteiger charge is -2.37. The van der Waals surface area contributed by atoms with Crippen LogP contribution >= 0.6 is 11.6 Å². The highest BCUT2D eigenvalue weighted by atomic mass is 35.5. The number of piperazine rings is 1. The number of hydrogen-bond donors (Lipinski definition) is 1. The number of nitrogen functional groups attached to an aromatic ring is 1. The molecule has 2 atom stereocenters. The van der Waals surface area contributed by atoms with Gasteiger partial charge in [0, 0.05) is 55.5 Å². The van der Waals surface area contributed by atoms with E-state index in [0.29, 0.717) is 25.1 Å². The van der Waals surface area contributed by atoms with Gasteiger partial charge in [-0.25, -0.2) is 4.98 Å². The van der Waals surface area contributed by atoms with Crippen LogP contribution in [0.5, 0.6) is 5.75 Å². The molecular formula is C33H40ClN5O4. The molecule has 2 aliphatic carbocycles. The van der Waals surface area contributed by atoms with Crippen molar-refractivity contribution in [1.29, 1.82) is 0 Å². The number of esters is 1. The van der Waals surface area contributed by atoms with Crippen molar-refractivity contribution in [3.8, 4) is 17.0 Å². The van der Waals surface area contributed by atoms with Gasteiger partial charge < -0.3 is 24.8 Å². The number of hydrogen-bond acceptors (Lipinski definition) is 9. The Hall–Kier alpha value is -3.40. The second kappa shape index (κ2) is 13.5. The van der Waals surface area contributed by atoms with Gasteiger partial charge in [-0.2, -0.15) is 4.98 Å². The average molecular weight is 606 g/mol. The zero-order valence-electron chi connectivity index (χ0n) is 24.8. The Morgan fingerprint density at radius 3 is 2.65 bits per heavy atom. The molecule has 1 saturated carbocycles. The Balaban J connectivity index is 1.02. The highest BCUT2D eigenvalue weighted by molar-refractivity contribution is 6.30. The molecule has 9 nitrogen and oxygen atoms in total. The van der Waals surface area contributed by atoms with Gasteiger partial charge in [0.1, 0.15) is 18.2 Å². The number of halogens is 1. The molecule has 0 spiro atoms. The predicted octanol–water partition coefficient (Wildman–Crippen LogP) is 4.78. The number of aromatic nitrogens is 2. The number of benzene rings is 2. The van der Waals surface area contributed by atoms with E-state index in [4.69, 9.17) is 41.5 Å². The molecule has 2 aromatic carbocycles. The largest absolute Gasteiger partial charge is 0.489 e. The van der Waals surface area contributed by atoms with Crippen LogP contribution in [0.3, 0.4) is 0 Å². The summed E-state index contributed by atoms with van der Waals surface area (Å²) < 4.78 is 17.0. The first kappa shape index (κ1) is 29.7. The van der Waals surface area contributed by atoms with E-state index < -0.39 is 0 Å². The molecule has 43 heavy (non-hydrogen) atoms. The summed E-state index contributed by atoms with van der Waals surface area (Å²) in [5, 5.41) is 0.719. The van der Waals surface area contributed by atoms with E-state index in [1.807, 2.05) is 30.3 Å². The van der Waals surface area contributed by atoms with Crippen LogP contribution in [-0.2, 0) is 33.7 Å². The lowest BCUT2D eigenvalue weighted by molar-refractivity contribution is -0.145. The molecule has 1 saturated heterocycles. The molecule has 1 aromatic heterocycles. The minimum absolute atomic E-state index is 0.0407. The number of ether oxygens (including phenoxy) is 3. The SMILES string of the molecule is COC(=O)[C@H]1CC[C@@H](COCCN2CCN(c3nc(N)nc4c3CCc3cc(OCc5ccc(Cl)cc5)ccc3-4)CC2)C1. The van der Waals surface area contributed by atoms with Gasteiger partial charge in [-0.1, -0.05) is 23.7 Å². The summed E-state index contributed by atoms with van der Waals surface area (Å²) in [6.07, 6.45) is 4.59. The highest BCUT2D eigenvalue weighted by Crippen LogP contribution is 2.39. The van der Waals surface area contributed by atoms with Gasteiger partial charge in [-0.3, -0.25) is 9.69 Å². The summed E-state index contributed by atoms with van der Waals surface area (Å²) in [7, 11) is 1.47. The van der Waals surface area contributed by atoms with Crippen LogP contribution in [0, 0.1) is 11.8 Å². The zero-order valence-corrected chi connectivity index (χ0v) is 25.5. The fourth-order valence-corrected chi connectivity index (χ4v) is 6.67. The van der Waals surface area contributed by atoms with Crippen LogP contribution in [0.15, 0.2) is 42.5 Å². The Bertz CT molecular complexity index is 1430. The first-order valence-corrected chi connectivity index (χ1v) is 15.6.